The fourth-order valence-electron chi connectivity index (χ4n) is 2.62. The quantitative estimate of drug-likeness (QED) is 0.433. The van der Waals surface area contributed by atoms with Crippen LogP contribution in [-0.2, 0) is 27.9 Å². The number of aromatic nitrogens is 2. The average molecular weight is 445 g/mol. The van der Waals surface area contributed by atoms with Gasteiger partial charge in [-0.15, -0.1) is 11.3 Å². The molecule has 0 unspecified atom stereocenters. The highest BCUT2D eigenvalue weighted by Crippen LogP contribution is 2.13. The van der Waals surface area contributed by atoms with Crippen LogP contribution in [0.25, 0.3) is 4.96 Å². The third-order valence-corrected chi connectivity index (χ3v) is 6.30. The van der Waals surface area contributed by atoms with Crippen molar-refractivity contribution in [2.24, 2.45) is 0 Å². The number of ether oxygens (including phenoxy) is 1. The molecule has 3 heterocycles. The Kier molecular flexibility index (Phi) is 5.48. The lowest BCUT2D eigenvalue weighted by molar-refractivity contribution is 0.0467. The lowest BCUT2D eigenvalue weighted by atomic mass is 10.2. The second-order valence-corrected chi connectivity index (χ2v) is 8.79. The van der Waals surface area contributed by atoms with Gasteiger partial charge in [-0.05, 0) is 36.4 Å². The van der Waals surface area contributed by atoms with E-state index in [9.17, 15) is 18.0 Å². The van der Waals surface area contributed by atoms with Crippen LogP contribution in [0.5, 0.6) is 0 Å². The minimum Gasteiger partial charge on any atom is -0.468 e. The molecule has 3 aromatic heterocycles. The third-order valence-electron chi connectivity index (χ3n) is 4.12. The Labute approximate surface area is 174 Å². The number of furan rings is 1. The Morgan fingerprint density at radius 3 is 2.77 bits per heavy atom. The number of carbonyl (C=O) groups is 1. The Morgan fingerprint density at radius 2 is 2.03 bits per heavy atom. The number of sulfonamides is 1. The maximum Gasteiger partial charge on any atom is 0.338 e. The van der Waals surface area contributed by atoms with Gasteiger partial charge in [-0.25, -0.2) is 22.9 Å². The first-order valence-electron chi connectivity index (χ1n) is 8.67. The molecule has 9 nitrogen and oxygen atoms in total. The van der Waals surface area contributed by atoms with E-state index in [4.69, 9.17) is 9.15 Å². The fraction of sp³-hybridized carbons (Fsp3) is 0.105. The predicted octanol–water partition coefficient (Wildman–Crippen LogP) is 2.18. The van der Waals surface area contributed by atoms with Gasteiger partial charge in [0, 0.05) is 17.6 Å². The van der Waals surface area contributed by atoms with Crippen LogP contribution >= 0.6 is 11.3 Å². The lowest BCUT2D eigenvalue weighted by Crippen LogP contribution is -2.23. The molecule has 0 aliphatic heterocycles. The number of fused-ring (bicyclic) bond motifs is 1. The Morgan fingerprint density at radius 1 is 1.23 bits per heavy atom. The molecule has 11 heteroatoms. The van der Waals surface area contributed by atoms with Crippen LogP contribution in [0.1, 0.15) is 21.8 Å². The maximum atomic E-state index is 12.3. The molecule has 0 atom stereocenters. The monoisotopic (exact) mass is 445 g/mol. The summed E-state index contributed by atoms with van der Waals surface area (Å²) in [7, 11) is -3.76. The Balaban J connectivity index is 1.40. The molecular formula is C19H15N3O6S2. The van der Waals surface area contributed by atoms with Crippen LogP contribution in [0.3, 0.4) is 0 Å². The average Bonchev–Trinajstić information content (AvgIpc) is 3.43. The van der Waals surface area contributed by atoms with E-state index >= 15 is 0 Å². The lowest BCUT2D eigenvalue weighted by Gasteiger charge is -2.07. The molecule has 0 saturated carbocycles. The summed E-state index contributed by atoms with van der Waals surface area (Å²) in [5.41, 5.74) is 0.245. The molecular weight excluding hydrogens is 430 g/mol. The molecule has 0 saturated heterocycles. The second-order valence-electron chi connectivity index (χ2n) is 6.15. The van der Waals surface area contributed by atoms with Gasteiger partial charge in [0.15, 0.2) is 4.96 Å². The van der Waals surface area contributed by atoms with Crippen molar-refractivity contribution in [3.05, 3.63) is 87.7 Å². The van der Waals surface area contributed by atoms with E-state index in [1.54, 1.807) is 23.7 Å². The summed E-state index contributed by atoms with van der Waals surface area (Å²) in [6, 6.07) is 9.94. The Hall–Kier alpha value is -3.28. The van der Waals surface area contributed by atoms with Gasteiger partial charge in [-0.3, -0.25) is 9.20 Å². The molecule has 30 heavy (non-hydrogen) atoms. The zero-order valence-electron chi connectivity index (χ0n) is 15.3. The standard InChI is InChI=1S/C19H15N3O6S2/c23-17-10-14(21-19-22(17)7-9-29-19)12-28-18(24)13-3-5-16(6-4-13)30(25,26)20-11-15-2-1-8-27-15/h1-10,20H,11-12H2. The van der Waals surface area contributed by atoms with E-state index in [0.717, 1.165) is 0 Å². The van der Waals surface area contributed by atoms with Crippen LogP contribution in [0, 0.1) is 0 Å². The molecule has 0 aliphatic rings. The number of hydrogen-bond acceptors (Lipinski definition) is 8. The number of nitrogens with zero attached hydrogens (tertiary/aromatic N) is 2. The summed E-state index contributed by atoms with van der Waals surface area (Å²) in [5, 5.41) is 1.73. The van der Waals surface area contributed by atoms with Gasteiger partial charge in [0.25, 0.3) is 5.56 Å². The second kappa shape index (κ2) is 8.22. The molecule has 1 N–H and O–H groups in total. The summed E-state index contributed by atoms with van der Waals surface area (Å²) in [6.07, 6.45) is 3.07. The minimum atomic E-state index is -3.76. The molecule has 0 aliphatic carbocycles. The van der Waals surface area contributed by atoms with Gasteiger partial charge in [0.05, 0.1) is 29.0 Å². The van der Waals surface area contributed by atoms with Gasteiger partial charge >= 0.3 is 5.97 Å². The van der Waals surface area contributed by atoms with Crippen molar-refractivity contribution in [1.82, 2.24) is 14.1 Å². The van der Waals surface area contributed by atoms with Crippen molar-refractivity contribution in [3.63, 3.8) is 0 Å². The molecule has 0 radical (unpaired) electrons. The van der Waals surface area contributed by atoms with E-state index in [1.165, 1.54) is 52.3 Å². The summed E-state index contributed by atoms with van der Waals surface area (Å²) in [5.74, 6) is -0.177. The summed E-state index contributed by atoms with van der Waals surface area (Å²) < 4.78 is 38.8. The van der Waals surface area contributed by atoms with Crippen LogP contribution in [0.2, 0.25) is 0 Å². The predicted molar refractivity (Wildman–Crippen MR) is 108 cm³/mol. The molecule has 154 valence electrons. The van der Waals surface area contributed by atoms with E-state index in [0.29, 0.717) is 16.4 Å². The minimum absolute atomic E-state index is 0.00319. The third kappa shape index (κ3) is 4.32. The van der Waals surface area contributed by atoms with Gasteiger partial charge < -0.3 is 9.15 Å². The number of nitrogens with one attached hydrogen (secondary N) is 1. The van der Waals surface area contributed by atoms with Crippen molar-refractivity contribution in [3.8, 4) is 0 Å². The first-order valence-corrected chi connectivity index (χ1v) is 11.0. The summed E-state index contributed by atoms with van der Waals surface area (Å²) >= 11 is 1.30. The number of carbonyl (C=O) groups excluding carboxylic acids is 1. The molecule has 4 rings (SSSR count). The van der Waals surface area contributed by atoms with Crippen LogP contribution in [0.4, 0.5) is 0 Å². The first kappa shape index (κ1) is 20.0. The zero-order chi connectivity index (χ0) is 21.1. The van der Waals surface area contributed by atoms with Crippen molar-refractivity contribution in [2.45, 2.75) is 18.0 Å². The van der Waals surface area contributed by atoms with Gasteiger partial charge in [0.2, 0.25) is 10.0 Å². The SMILES string of the molecule is O=C(OCc1cc(=O)n2ccsc2n1)c1ccc(S(=O)(=O)NCc2ccco2)cc1. The number of benzene rings is 1. The topological polar surface area (TPSA) is 120 Å². The maximum absolute atomic E-state index is 12.3. The molecule has 0 fully saturated rings. The fourth-order valence-corrected chi connectivity index (χ4v) is 4.35. The van der Waals surface area contributed by atoms with Gasteiger partial charge in [-0.1, -0.05) is 0 Å². The molecule has 0 spiro atoms. The largest absolute Gasteiger partial charge is 0.468 e. The van der Waals surface area contributed by atoms with Gasteiger partial charge in [-0.2, -0.15) is 0 Å². The normalized spacial score (nSPS) is 11.6. The van der Waals surface area contributed by atoms with E-state index < -0.39 is 16.0 Å². The Bertz CT molecular complexity index is 1340. The van der Waals surface area contributed by atoms with Crippen molar-refractivity contribution >= 4 is 32.3 Å². The summed E-state index contributed by atoms with van der Waals surface area (Å²) in [4.78, 5) is 29.0. The van der Waals surface area contributed by atoms with E-state index in [2.05, 4.69) is 9.71 Å². The highest BCUT2D eigenvalue weighted by atomic mass is 32.2. The molecule has 4 aromatic rings. The smallest absolute Gasteiger partial charge is 0.338 e. The van der Waals surface area contributed by atoms with E-state index in [1.807, 2.05) is 0 Å². The molecule has 0 bridgehead atoms. The highest BCUT2D eigenvalue weighted by molar-refractivity contribution is 7.89. The molecule has 0 amide bonds. The number of hydrogen-bond donors (Lipinski definition) is 1. The zero-order valence-corrected chi connectivity index (χ0v) is 17.0. The number of rotatable bonds is 7. The van der Waals surface area contributed by atoms with Crippen molar-refractivity contribution in [2.75, 3.05) is 0 Å². The summed E-state index contributed by atoms with van der Waals surface area (Å²) in [6.45, 7) is -0.159. The van der Waals surface area contributed by atoms with Crippen LogP contribution in [-0.4, -0.2) is 23.8 Å². The van der Waals surface area contributed by atoms with Crippen molar-refractivity contribution in [1.29, 1.82) is 0 Å². The van der Waals surface area contributed by atoms with Gasteiger partial charge in [0.1, 0.15) is 12.4 Å². The number of esters is 1. The van der Waals surface area contributed by atoms with Crippen LogP contribution in [0.15, 0.2) is 74.4 Å². The van der Waals surface area contributed by atoms with Crippen LogP contribution < -0.4 is 10.3 Å². The highest BCUT2D eigenvalue weighted by Gasteiger charge is 2.16. The molecule has 1 aromatic carbocycles. The first-order chi connectivity index (χ1) is 14.4. The number of thiazole rings is 1. The van der Waals surface area contributed by atoms with Crippen molar-refractivity contribution < 1.29 is 22.4 Å². The van der Waals surface area contributed by atoms with E-state index in [-0.39, 0.29) is 29.2 Å².